The van der Waals surface area contributed by atoms with Crippen molar-refractivity contribution in [3.63, 3.8) is 0 Å². The van der Waals surface area contributed by atoms with Crippen molar-refractivity contribution in [3.05, 3.63) is 22.8 Å². The quantitative estimate of drug-likeness (QED) is 0.210. The van der Waals surface area contributed by atoms with Crippen LogP contribution < -0.4 is 15.5 Å². The molecule has 1 aliphatic rings. The molecular formula is C20H33ClF3IN6. The summed E-state index contributed by atoms with van der Waals surface area (Å²) >= 11 is 6.07. The van der Waals surface area contributed by atoms with E-state index < -0.39 is 11.7 Å². The highest BCUT2D eigenvalue weighted by atomic mass is 127. The number of hydrogen-bond donors (Lipinski definition) is 2. The Bertz CT molecular complexity index is 717. The summed E-state index contributed by atoms with van der Waals surface area (Å²) in [4.78, 5) is 12.4. The lowest BCUT2D eigenvalue weighted by molar-refractivity contribution is -0.137. The van der Waals surface area contributed by atoms with Crippen LogP contribution in [0.15, 0.2) is 17.3 Å². The lowest BCUT2D eigenvalue weighted by atomic mass is 10.2. The van der Waals surface area contributed by atoms with Crippen molar-refractivity contribution in [2.45, 2.75) is 51.4 Å². The first-order valence-electron chi connectivity index (χ1n) is 10.3. The third-order valence-corrected chi connectivity index (χ3v) is 5.59. The van der Waals surface area contributed by atoms with Gasteiger partial charge in [-0.15, -0.1) is 24.0 Å². The van der Waals surface area contributed by atoms with E-state index in [0.29, 0.717) is 24.9 Å². The Hall–Kier alpha value is -1.01. The van der Waals surface area contributed by atoms with Crippen molar-refractivity contribution in [2.24, 2.45) is 4.99 Å². The summed E-state index contributed by atoms with van der Waals surface area (Å²) in [7, 11) is 3.85. The van der Waals surface area contributed by atoms with Crippen molar-refractivity contribution in [3.8, 4) is 0 Å². The second-order valence-corrected chi connectivity index (χ2v) is 8.29. The number of guanidine groups is 1. The molecule has 1 atom stereocenters. The van der Waals surface area contributed by atoms with E-state index in [0.717, 1.165) is 50.6 Å². The Kier molecular flexibility index (Phi) is 11.6. The molecule has 1 aromatic heterocycles. The van der Waals surface area contributed by atoms with Crippen LogP contribution >= 0.6 is 35.6 Å². The second-order valence-electron chi connectivity index (χ2n) is 7.88. The van der Waals surface area contributed by atoms with Gasteiger partial charge in [0.2, 0.25) is 0 Å². The molecule has 2 heterocycles. The molecule has 1 aromatic rings. The highest BCUT2D eigenvalue weighted by Crippen LogP contribution is 2.34. The fourth-order valence-corrected chi connectivity index (χ4v) is 3.51. The largest absolute Gasteiger partial charge is 0.417 e. The zero-order chi connectivity index (χ0) is 22.3. The molecule has 11 heteroatoms. The van der Waals surface area contributed by atoms with Crippen molar-refractivity contribution in [1.82, 2.24) is 20.5 Å². The van der Waals surface area contributed by atoms with E-state index in [4.69, 9.17) is 11.6 Å². The first-order chi connectivity index (χ1) is 14.1. The van der Waals surface area contributed by atoms with Gasteiger partial charge in [0.05, 0.1) is 10.6 Å². The molecule has 2 N–H and O–H groups in total. The van der Waals surface area contributed by atoms with E-state index in [1.165, 1.54) is 0 Å². The molecule has 0 spiro atoms. The summed E-state index contributed by atoms with van der Waals surface area (Å²) in [6.07, 6.45) is -0.654. The maximum Gasteiger partial charge on any atom is 0.417 e. The van der Waals surface area contributed by atoms with Gasteiger partial charge < -0.3 is 20.4 Å². The molecule has 1 unspecified atom stereocenters. The highest BCUT2D eigenvalue weighted by molar-refractivity contribution is 14.0. The lowest BCUT2D eigenvalue weighted by Crippen LogP contribution is -2.45. The average molecular weight is 577 g/mol. The maximum absolute atomic E-state index is 12.8. The number of aliphatic imine (C=N–C) groups is 1. The van der Waals surface area contributed by atoms with Gasteiger partial charge in [-0.1, -0.05) is 11.6 Å². The fourth-order valence-electron chi connectivity index (χ4n) is 3.23. The number of unbranched alkanes of at least 4 members (excludes halogenated alkanes) is 1. The zero-order valence-electron chi connectivity index (χ0n) is 18.5. The van der Waals surface area contributed by atoms with Gasteiger partial charge in [-0.2, -0.15) is 13.2 Å². The monoisotopic (exact) mass is 576 g/mol. The SMILES string of the molecule is CN=C(NCCCCN(C)C(C)C)NC1CCN(c2ncc(C(F)(F)F)cc2Cl)C1.I. The normalized spacial score (nSPS) is 17.3. The Morgan fingerprint density at radius 2 is 2.10 bits per heavy atom. The lowest BCUT2D eigenvalue weighted by Gasteiger charge is -2.22. The standard InChI is InChI=1S/C20H32ClF3N6.HI/c1-14(2)29(4)9-6-5-8-26-19(25-3)28-16-7-10-30(13-16)18-17(21)11-15(12-27-18)20(22,23)24;/h11-12,14,16H,5-10,13H2,1-4H3,(H2,25,26,28);1H. The zero-order valence-corrected chi connectivity index (χ0v) is 21.6. The number of aromatic nitrogens is 1. The number of pyridine rings is 1. The summed E-state index contributed by atoms with van der Waals surface area (Å²) in [6, 6.07) is 1.59. The molecule has 1 saturated heterocycles. The van der Waals surface area contributed by atoms with Gasteiger partial charge in [-0.25, -0.2) is 4.98 Å². The average Bonchev–Trinajstić information content (AvgIpc) is 3.13. The molecule has 1 aliphatic heterocycles. The third-order valence-electron chi connectivity index (χ3n) is 5.31. The summed E-state index contributed by atoms with van der Waals surface area (Å²) in [5.74, 6) is 1.11. The molecule has 1 fully saturated rings. The number of rotatable bonds is 8. The first kappa shape index (κ1) is 28.0. The fraction of sp³-hybridized carbons (Fsp3) is 0.700. The number of alkyl halides is 3. The van der Waals surface area contributed by atoms with E-state index in [2.05, 4.69) is 46.4 Å². The molecular weight excluding hydrogens is 544 g/mol. The van der Waals surface area contributed by atoms with Crippen molar-refractivity contribution in [1.29, 1.82) is 0 Å². The highest BCUT2D eigenvalue weighted by Gasteiger charge is 2.33. The summed E-state index contributed by atoms with van der Waals surface area (Å²) < 4.78 is 38.4. The molecule has 0 aliphatic carbocycles. The number of anilines is 1. The van der Waals surface area contributed by atoms with E-state index in [9.17, 15) is 13.2 Å². The van der Waals surface area contributed by atoms with E-state index in [1.54, 1.807) is 7.05 Å². The maximum atomic E-state index is 12.8. The van der Waals surface area contributed by atoms with Crippen molar-refractivity contribution in [2.75, 3.05) is 45.2 Å². The summed E-state index contributed by atoms with van der Waals surface area (Å²) in [6.45, 7) is 7.51. The minimum absolute atomic E-state index is 0. The van der Waals surface area contributed by atoms with Crippen LogP contribution in [0.4, 0.5) is 19.0 Å². The van der Waals surface area contributed by atoms with E-state index in [-0.39, 0.29) is 35.0 Å². The molecule has 0 radical (unpaired) electrons. The molecule has 0 bridgehead atoms. The van der Waals surface area contributed by atoms with Crippen LogP contribution in [-0.4, -0.2) is 68.2 Å². The van der Waals surface area contributed by atoms with Crippen LogP contribution in [0.5, 0.6) is 0 Å². The molecule has 2 rings (SSSR count). The number of nitrogens with zero attached hydrogens (tertiary/aromatic N) is 4. The van der Waals surface area contributed by atoms with Crippen LogP contribution in [0.3, 0.4) is 0 Å². The van der Waals surface area contributed by atoms with Crippen LogP contribution in [-0.2, 0) is 6.18 Å². The second kappa shape index (κ2) is 12.9. The van der Waals surface area contributed by atoms with Gasteiger partial charge >= 0.3 is 6.18 Å². The molecule has 178 valence electrons. The van der Waals surface area contributed by atoms with Crippen molar-refractivity contribution >= 4 is 47.4 Å². The van der Waals surface area contributed by atoms with Crippen LogP contribution in [0, 0.1) is 0 Å². The Labute approximate surface area is 205 Å². The minimum Gasteiger partial charge on any atom is -0.356 e. The molecule has 31 heavy (non-hydrogen) atoms. The van der Waals surface area contributed by atoms with Crippen LogP contribution in [0.25, 0.3) is 0 Å². The number of nitrogens with one attached hydrogen (secondary N) is 2. The van der Waals surface area contributed by atoms with Crippen LogP contribution in [0.1, 0.15) is 38.7 Å². The third kappa shape index (κ3) is 8.80. The first-order valence-corrected chi connectivity index (χ1v) is 10.6. The number of hydrogen-bond acceptors (Lipinski definition) is 4. The van der Waals surface area contributed by atoms with Gasteiger partial charge in [-0.05, 0) is 52.8 Å². The van der Waals surface area contributed by atoms with Gasteiger partial charge in [0, 0.05) is 45.0 Å². The van der Waals surface area contributed by atoms with Crippen molar-refractivity contribution < 1.29 is 13.2 Å². The van der Waals surface area contributed by atoms with E-state index in [1.807, 2.05) is 4.90 Å². The predicted molar refractivity (Wildman–Crippen MR) is 132 cm³/mol. The molecule has 0 saturated carbocycles. The van der Waals surface area contributed by atoms with Gasteiger partial charge in [-0.3, -0.25) is 4.99 Å². The molecule has 0 aromatic carbocycles. The topological polar surface area (TPSA) is 55.8 Å². The van der Waals surface area contributed by atoms with Gasteiger partial charge in [0.15, 0.2) is 5.96 Å². The summed E-state index contributed by atoms with van der Waals surface area (Å²) in [5, 5.41) is 6.71. The predicted octanol–water partition coefficient (Wildman–Crippen LogP) is 4.24. The number of halogens is 5. The van der Waals surface area contributed by atoms with Gasteiger partial charge in [0.1, 0.15) is 5.82 Å². The molecule has 6 nitrogen and oxygen atoms in total. The summed E-state index contributed by atoms with van der Waals surface area (Å²) in [5.41, 5.74) is -0.839. The minimum atomic E-state index is -4.45. The smallest absolute Gasteiger partial charge is 0.356 e. The van der Waals surface area contributed by atoms with Gasteiger partial charge in [0.25, 0.3) is 0 Å². The Balaban J connectivity index is 0.00000480. The molecule has 0 amide bonds. The Morgan fingerprint density at radius 1 is 1.39 bits per heavy atom. The Morgan fingerprint density at radius 3 is 2.68 bits per heavy atom. The van der Waals surface area contributed by atoms with Crippen LogP contribution in [0.2, 0.25) is 5.02 Å². The van der Waals surface area contributed by atoms with E-state index >= 15 is 0 Å².